The van der Waals surface area contributed by atoms with Crippen molar-refractivity contribution in [3.63, 3.8) is 0 Å². The number of imidazole rings is 1. The van der Waals surface area contributed by atoms with Gasteiger partial charge in [-0.05, 0) is 0 Å². The number of rotatable bonds is 2. The number of fused-ring (bicyclic) bond motifs is 1. The first-order chi connectivity index (χ1) is 5.86. The molecule has 5 heteroatoms. The van der Waals surface area contributed by atoms with Gasteiger partial charge < -0.3 is 9.84 Å². The van der Waals surface area contributed by atoms with Crippen LogP contribution < -0.4 is 4.74 Å². The van der Waals surface area contributed by atoms with E-state index in [0.29, 0.717) is 11.6 Å². The number of ether oxygens (including phenoxy) is 1. The van der Waals surface area contributed by atoms with Crippen LogP contribution in [0, 0.1) is 0 Å². The highest BCUT2D eigenvalue weighted by atomic mass is 32.1. The molecule has 0 unspecified atom stereocenters. The minimum Gasteiger partial charge on any atom is -0.480 e. The highest BCUT2D eigenvalue weighted by molar-refractivity contribution is 7.15. The number of aliphatic hydroxyl groups is 1. The van der Waals surface area contributed by atoms with E-state index in [9.17, 15) is 0 Å². The molecule has 0 saturated carbocycles. The summed E-state index contributed by atoms with van der Waals surface area (Å²) in [5, 5.41) is 10.9. The van der Waals surface area contributed by atoms with Gasteiger partial charge in [-0.25, -0.2) is 0 Å². The summed E-state index contributed by atoms with van der Waals surface area (Å²) in [5.74, 6) is 0.504. The molecule has 0 amide bonds. The largest absolute Gasteiger partial charge is 0.480 e. The lowest BCUT2D eigenvalue weighted by molar-refractivity contribution is 0.266. The number of methoxy groups -OCH3 is 1. The smallest absolute Gasteiger partial charge is 0.238 e. The Balaban J connectivity index is 2.70. The molecule has 2 aromatic rings. The fraction of sp³-hybridized carbons (Fsp3) is 0.286. The van der Waals surface area contributed by atoms with Gasteiger partial charge in [-0.1, -0.05) is 0 Å². The lowest BCUT2D eigenvalue weighted by Crippen LogP contribution is -1.92. The average Bonchev–Trinajstić information content (AvgIpc) is 2.61. The molecule has 2 aromatic heterocycles. The van der Waals surface area contributed by atoms with Crippen LogP contribution in [0.1, 0.15) is 5.69 Å². The Hall–Kier alpha value is -1.07. The van der Waals surface area contributed by atoms with Crippen molar-refractivity contribution in [3.05, 3.63) is 17.3 Å². The van der Waals surface area contributed by atoms with E-state index in [1.807, 2.05) is 16.0 Å². The summed E-state index contributed by atoms with van der Waals surface area (Å²) in [7, 11) is 1.55. The van der Waals surface area contributed by atoms with Crippen molar-refractivity contribution in [1.29, 1.82) is 0 Å². The fourth-order valence-corrected chi connectivity index (χ4v) is 1.84. The van der Waals surface area contributed by atoms with Crippen molar-refractivity contribution in [2.24, 2.45) is 0 Å². The highest BCUT2D eigenvalue weighted by Gasteiger charge is 2.11. The maximum Gasteiger partial charge on any atom is 0.238 e. The van der Waals surface area contributed by atoms with Gasteiger partial charge in [0.15, 0.2) is 4.96 Å². The first kappa shape index (κ1) is 7.57. The first-order valence-electron chi connectivity index (χ1n) is 3.46. The summed E-state index contributed by atoms with van der Waals surface area (Å²) < 4.78 is 6.82. The van der Waals surface area contributed by atoms with E-state index < -0.39 is 0 Å². The molecule has 64 valence electrons. The molecule has 0 saturated heterocycles. The van der Waals surface area contributed by atoms with E-state index in [1.165, 1.54) is 11.3 Å². The molecular formula is C7H8N2O2S. The van der Waals surface area contributed by atoms with Crippen molar-refractivity contribution >= 4 is 16.3 Å². The van der Waals surface area contributed by atoms with E-state index >= 15 is 0 Å². The molecule has 0 spiro atoms. The molecule has 4 nitrogen and oxygen atoms in total. The fourth-order valence-electron chi connectivity index (χ4n) is 1.12. The van der Waals surface area contributed by atoms with E-state index in [0.717, 1.165) is 4.96 Å². The number of aliphatic hydroxyl groups excluding tert-OH is 1. The standard InChI is InChI=1S/C7H8N2O2S/c1-11-6-5(4-10)9-2-3-12-7(9)8-6/h2-3,10H,4H2,1H3. The molecule has 2 heterocycles. The van der Waals surface area contributed by atoms with Crippen LogP contribution in [0.5, 0.6) is 5.88 Å². The van der Waals surface area contributed by atoms with E-state index in [2.05, 4.69) is 4.98 Å². The molecule has 0 radical (unpaired) electrons. The van der Waals surface area contributed by atoms with Gasteiger partial charge in [0.1, 0.15) is 5.69 Å². The monoisotopic (exact) mass is 184 g/mol. The third-order valence-corrected chi connectivity index (χ3v) is 2.42. The third kappa shape index (κ3) is 0.904. The van der Waals surface area contributed by atoms with Crippen molar-refractivity contribution in [2.75, 3.05) is 7.11 Å². The van der Waals surface area contributed by atoms with Gasteiger partial charge in [-0.3, -0.25) is 4.40 Å². The van der Waals surface area contributed by atoms with Crippen molar-refractivity contribution < 1.29 is 9.84 Å². The molecule has 0 aliphatic heterocycles. The minimum absolute atomic E-state index is 0.0545. The molecule has 0 fully saturated rings. The van der Waals surface area contributed by atoms with Gasteiger partial charge in [0.25, 0.3) is 0 Å². The Morgan fingerprint density at radius 1 is 1.75 bits per heavy atom. The van der Waals surface area contributed by atoms with Crippen LogP contribution in [0.4, 0.5) is 0 Å². The minimum atomic E-state index is -0.0545. The summed E-state index contributed by atoms with van der Waals surface area (Å²) in [6, 6.07) is 0. The van der Waals surface area contributed by atoms with Crippen molar-refractivity contribution in [3.8, 4) is 5.88 Å². The number of hydrogen-bond donors (Lipinski definition) is 1. The van der Waals surface area contributed by atoms with Crippen LogP contribution in [0.15, 0.2) is 11.6 Å². The van der Waals surface area contributed by atoms with Crippen LogP contribution >= 0.6 is 11.3 Å². The lowest BCUT2D eigenvalue weighted by Gasteiger charge is -1.96. The highest BCUT2D eigenvalue weighted by Crippen LogP contribution is 2.22. The normalized spacial score (nSPS) is 10.8. The Morgan fingerprint density at radius 2 is 2.58 bits per heavy atom. The summed E-state index contributed by atoms with van der Waals surface area (Å²) in [5.41, 5.74) is 0.703. The molecule has 0 aliphatic carbocycles. The van der Waals surface area contributed by atoms with E-state index in [-0.39, 0.29) is 6.61 Å². The average molecular weight is 184 g/mol. The van der Waals surface area contributed by atoms with Crippen molar-refractivity contribution in [2.45, 2.75) is 6.61 Å². The van der Waals surface area contributed by atoms with Gasteiger partial charge in [-0.2, -0.15) is 4.98 Å². The van der Waals surface area contributed by atoms with Gasteiger partial charge >= 0.3 is 0 Å². The second-order valence-electron chi connectivity index (χ2n) is 2.28. The van der Waals surface area contributed by atoms with E-state index in [1.54, 1.807) is 7.11 Å². The summed E-state index contributed by atoms with van der Waals surface area (Å²) >= 11 is 1.51. The van der Waals surface area contributed by atoms with E-state index in [4.69, 9.17) is 9.84 Å². The third-order valence-electron chi connectivity index (χ3n) is 1.67. The second-order valence-corrected chi connectivity index (χ2v) is 3.15. The summed E-state index contributed by atoms with van der Waals surface area (Å²) in [6.07, 6.45) is 1.86. The zero-order valence-electron chi connectivity index (χ0n) is 6.52. The number of thiazole rings is 1. The Morgan fingerprint density at radius 3 is 3.25 bits per heavy atom. The number of nitrogens with zero attached hydrogens (tertiary/aromatic N) is 2. The van der Waals surface area contributed by atoms with Gasteiger partial charge in [0.2, 0.25) is 5.88 Å². The van der Waals surface area contributed by atoms with Gasteiger partial charge in [0.05, 0.1) is 13.7 Å². The molecule has 0 aromatic carbocycles. The zero-order chi connectivity index (χ0) is 8.55. The molecular weight excluding hydrogens is 176 g/mol. The Bertz CT molecular complexity index is 393. The van der Waals surface area contributed by atoms with Gasteiger partial charge in [-0.15, -0.1) is 11.3 Å². The second kappa shape index (κ2) is 2.76. The van der Waals surface area contributed by atoms with Crippen LogP contribution in [0.2, 0.25) is 0 Å². The molecule has 0 atom stereocenters. The first-order valence-corrected chi connectivity index (χ1v) is 4.34. The molecule has 2 rings (SSSR count). The summed E-state index contributed by atoms with van der Waals surface area (Å²) in [4.78, 5) is 5.00. The Labute approximate surface area is 73.0 Å². The molecule has 12 heavy (non-hydrogen) atoms. The van der Waals surface area contributed by atoms with Crippen LogP contribution in [-0.4, -0.2) is 21.6 Å². The topological polar surface area (TPSA) is 46.8 Å². The Kier molecular flexibility index (Phi) is 1.74. The lowest BCUT2D eigenvalue weighted by atomic mass is 10.5. The van der Waals surface area contributed by atoms with Gasteiger partial charge in [0, 0.05) is 11.6 Å². The van der Waals surface area contributed by atoms with Crippen molar-refractivity contribution in [1.82, 2.24) is 9.38 Å². The zero-order valence-corrected chi connectivity index (χ0v) is 7.34. The maximum atomic E-state index is 9.02. The number of hydrogen-bond acceptors (Lipinski definition) is 4. The van der Waals surface area contributed by atoms with Crippen LogP contribution in [-0.2, 0) is 6.61 Å². The molecule has 0 aliphatic rings. The summed E-state index contributed by atoms with van der Waals surface area (Å²) in [6.45, 7) is -0.0545. The number of aromatic nitrogens is 2. The van der Waals surface area contributed by atoms with Crippen LogP contribution in [0.25, 0.3) is 4.96 Å². The quantitative estimate of drug-likeness (QED) is 0.754. The maximum absolute atomic E-state index is 9.02. The predicted molar refractivity (Wildman–Crippen MR) is 45.5 cm³/mol. The molecule has 0 bridgehead atoms. The van der Waals surface area contributed by atoms with Crippen LogP contribution in [0.3, 0.4) is 0 Å². The predicted octanol–water partition coefficient (Wildman–Crippen LogP) is 0.897. The SMILES string of the molecule is COc1nc2sccn2c1CO. The molecule has 1 N–H and O–H groups in total.